The smallest absolute Gasteiger partial charge is 0.124 e. The lowest BCUT2D eigenvalue weighted by Crippen LogP contribution is -2.11. The van der Waals surface area contributed by atoms with Gasteiger partial charge in [-0.05, 0) is 39.7 Å². The van der Waals surface area contributed by atoms with E-state index in [1.807, 2.05) is 6.20 Å². The molecule has 0 unspecified atom stereocenters. The van der Waals surface area contributed by atoms with Crippen LogP contribution in [0.15, 0.2) is 35.1 Å². The number of thiocarbonyl (C=S) groups is 1. The summed E-state index contributed by atoms with van der Waals surface area (Å²) in [6, 6.07) is 4.53. The molecule has 0 amide bonds. The fraction of sp³-hybridized carbons (Fsp3) is 0.0909. The van der Waals surface area contributed by atoms with Crippen LogP contribution < -0.4 is 5.73 Å². The molecule has 0 radical (unpaired) electrons. The highest BCUT2D eigenvalue weighted by Gasteiger charge is 2.04. The van der Waals surface area contributed by atoms with Gasteiger partial charge in [-0.2, -0.15) is 5.10 Å². The number of hydrogen-bond donors (Lipinski definition) is 1. The molecule has 88 valence electrons. The van der Waals surface area contributed by atoms with Gasteiger partial charge in [-0.15, -0.1) is 0 Å². The van der Waals surface area contributed by atoms with Crippen molar-refractivity contribution in [3.8, 4) is 0 Å². The van der Waals surface area contributed by atoms with Crippen molar-refractivity contribution in [2.45, 2.75) is 6.54 Å². The number of nitrogens with zero attached hydrogens (tertiary/aromatic N) is 2. The minimum absolute atomic E-state index is 0.187. The van der Waals surface area contributed by atoms with Crippen LogP contribution in [0.3, 0.4) is 0 Å². The zero-order valence-electron chi connectivity index (χ0n) is 8.73. The highest BCUT2D eigenvalue weighted by atomic mass is 79.9. The topological polar surface area (TPSA) is 43.8 Å². The van der Waals surface area contributed by atoms with Crippen molar-refractivity contribution >= 4 is 33.1 Å². The molecule has 0 aliphatic rings. The van der Waals surface area contributed by atoms with Crippen molar-refractivity contribution in [3.63, 3.8) is 0 Å². The van der Waals surface area contributed by atoms with Crippen LogP contribution in [0.1, 0.15) is 11.1 Å². The van der Waals surface area contributed by atoms with Crippen molar-refractivity contribution in [1.82, 2.24) is 9.78 Å². The van der Waals surface area contributed by atoms with Crippen LogP contribution in [-0.2, 0) is 6.54 Å². The summed E-state index contributed by atoms with van der Waals surface area (Å²) in [4.78, 5) is 0.187. The van der Waals surface area contributed by atoms with Gasteiger partial charge >= 0.3 is 0 Å². The van der Waals surface area contributed by atoms with Gasteiger partial charge in [0.05, 0.1) is 17.2 Å². The van der Waals surface area contributed by atoms with Crippen molar-refractivity contribution in [3.05, 3.63) is 52.0 Å². The molecule has 0 saturated carbocycles. The van der Waals surface area contributed by atoms with Crippen molar-refractivity contribution < 1.29 is 4.39 Å². The molecule has 0 spiro atoms. The second kappa shape index (κ2) is 4.93. The predicted molar refractivity (Wildman–Crippen MR) is 71.3 cm³/mol. The Morgan fingerprint density at radius 3 is 2.82 bits per heavy atom. The maximum atomic E-state index is 13.3. The number of aromatic nitrogens is 2. The number of hydrogen-bond acceptors (Lipinski definition) is 2. The molecular weight excluding hydrogens is 305 g/mol. The average Bonchev–Trinajstić information content (AvgIpc) is 2.63. The number of rotatable bonds is 3. The van der Waals surface area contributed by atoms with E-state index in [9.17, 15) is 4.39 Å². The maximum absolute atomic E-state index is 13.3. The summed E-state index contributed by atoms with van der Waals surface area (Å²) in [7, 11) is 0. The molecule has 1 aromatic heterocycles. The van der Waals surface area contributed by atoms with Gasteiger partial charge in [0.2, 0.25) is 0 Å². The first-order valence-corrected chi connectivity index (χ1v) is 6.02. The molecule has 2 rings (SSSR count). The van der Waals surface area contributed by atoms with E-state index >= 15 is 0 Å². The summed E-state index contributed by atoms with van der Waals surface area (Å²) in [5.74, 6) is -0.350. The molecule has 2 aromatic rings. The van der Waals surface area contributed by atoms with Crippen molar-refractivity contribution in [1.29, 1.82) is 0 Å². The third kappa shape index (κ3) is 3.10. The van der Waals surface area contributed by atoms with Crippen LogP contribution in [0.4, 0.5) is 4.39 Å². The van der Waals surface area contributed by atoms with E-state index in [0.717, 1.165) is 10.0 Å². The normalized spacial score (nSPS) is 10.5. The average molecular weight is 314 g/mol. The molecule has 3 nitrogen and oxygen atoms in total. The van der Waals surface area contributed by atoms with E-state index in [4.69, 9.17) is 18.0 Å². The number of benzene rings is 1. The highest BCUT2D eigenvalue weighted by molar-refractivity contribution is 9.10. The summed E-state index contributed by atoms with van der Waals surface area (Å²) in [6.45, 7) is 0.471. The summed E-state index contributed by atoms with van der Waals surface area (Å²) in [6.07, 6.45) is 3.49. The predicted octanol–water partition coefficient (Wildman–Crippen LogP) is 2.47. The minimum atomic E-state index is -0.350. The van der Waals surface area contributed by atoms with Gasteiger partial charge in [-0.25, -0.2) is 4.39 Å². The van der Waals surface area contributed by atoms with E-state index in [2.05, 4.69) is 21.0 Å². The third-order valence-electron chi connectivity index (χ3n) is 2.19. The Labute approximate surface area is 112 Å². The van der Waals surface area contributed by atoms with Gasteiger partial charge in [0, 0.05) is 11.8 Å². The highest BCUT2D eigenvalue weighted by Crippen LogP contribution is 2.12. The fourth-order valence-corrected chi connectivity index (χ4v) is 1.94. The summed E-state index contributed by atoms with van der Waals surface area (Å²) >= 11 is 8.13. The molecule has 0 fully saturated rings. The molecule has 1 heterocycles. The van der Waals surface area contributed by atoms with Gasteiger partial charge in [-0.1, -0.05) is 12.2 Å². The zero-order valence-corrected chi connectivity index (χ0v) is 11.1. The Bertz CT molecular complexity index is 568. The summed E-state index contributed by atoms with van der Waals surface area (Å²) in [5, 5.41) is 4.10. The van der Waals surface area contributed by atoms with Gasteiger partial charge in [-0.3, -0.25) is 4.68 Å². The largest absolute Gasteiger partial charge is 0.389 e. The quantitative estimate of drug-likeness (QED) is 0.885. The van der Waals surface area contributed by atoms with Crippen molar-refractivity contribution in [2.75, 3.05) is 0 Å². The van der Waals surface area contributed by atoms with Gasteiger partial charge in [0.25, 0.3) is 0 Å². The second-order valence-corrected chi connectivity index (χ2v) is 4.92. The lowest BCUT2D eigenvalue weighted by Gasteiger charge is -2.05. The second-order valence-electron chi connectivity index (χ2n) is 3.57. The van der Waals surface area contributed by atoms with E-state index in [-0.39, 0.29) is 10.8 Å². The molecule has 2 N–H and O–H groups in total. The van der Waals surface area contributed by atoms with Gasteiger partial charge in [0.1, 0.15) is 10.8 Å². The monoisotopic (exact) mass is 313 g/mol. The molecule has 1 aromatic carbocycles. The summed E-state index contributed by atoms with van der Waals surface area (Å²) in [5.41, 5.74) is 6.78. The Balaban J connectivity index is 2.29. The number of nitrogens with two attached hydrogens (primary N) is 1. The van der Waals surface area contributed by atoms with E-state index < -0.39 is 0 Å². The Kier molecular flexibility index (Phi) is 3.54. The van der Waals surface area contributed by atoms with Crippen LogP contribution in [0.5, 0.6) is 0 Å². The van der Waals surface area contributed by atoms with Crippen LogP contribution in [0, 0.1) is 5.82 Å². The first-order chi connectivity index (χ1) is 8.04. The fourth-order valence-electron chi connectivity index (χ4n) is 1.50. The van der Waals surface area contributed by atoms with Crippen molar-refractivity contribution in [2.24, 2.45) is 5.73 Å². The van der Waals surface area contributed by atoms with Gasteiger partial charge in [0.15, 0.2) is 0 Å². The summed E-state index contributed by atoms with van der Waals surface area (Å²) < 4.78 is 15.9. The van der Waals surface area contributed by atoms with Crippen LogP contribution >= 0.6 is 28.1 Å². The van der Waals surface area contributed by atoms with Crippen LogP contribution in [0.25, 0.3) is 0 Å². The molecule has 0 saturated heterocycles. The lowest BCUT2D eigenvalue weighted by atomic mass is 10.1. The molecule has 0 aliphatic carbocycles. The molecule has 0 aliphatic heterocycles. The minimum Gasteiger partial charge on any atom is -0.389 e. The molecular formula is C11H9BrFN3S. The molecule has 17 heavy (non-hydrogen) atoms. The first kappa shape index (κ1) is 12.2. The van der Waals surface area contributed by atoms with Crippen LogP contribution in [-0.4, -0.2) is 14.8 Å². The van der Waals surface area contributed by atoms with E-state index in [0.29, 0.717) is 12.1 Å². The third-order valence-corrected chi connectivity index (χ3v) is 2.83. The Morgan fingerprint density at radius 2 is 2.24 bits per heavy atom. The van der Waals surface area contributed by atoms with Gasteiger partial charge < -0.3 is 5.73 Å². The van der Waals surface area contributed by atoms with E-state index in [1.165, 1.54) is 12.1 Å². The van der Waals surface area contributed by atoms with Crippen LogP contribution in [0.2, 0.25) is 0 Å². The lowest BCUT2D eigenvalue weighted by molar-refractivity contribution is 0.619. The maximum Gasteiger partial charge on any atom is 0.124 e. The molecule has 6 heteroatoms. The SMILES string of the molecule is NC(=S)c1cc(F)cc(Cn2cc(Br)cn2)c1. The first-order valence-electron chi connectivity index (χ1n) is 4.82. The Morgan fingerprint density at radius 1 is 1.47 bits per heavy atom. The number of halogens is 2. The molecule has 0 bridgehead atoms. The standard InChI is InChI=1S/C11H9BrFN3S/c12-9-4-15-16(6-9)5-7-1-8(11(14)17)3-10(13)2-7/h1-4,6H,5H2,(H2,14,17). The molecule has 0 atom stereocenters. The zero-order chi connectivity index (χ0) is 12.4. The van der Waals surface area contributed by atoms with E-state index in [1.54, 1.807) is 16.9 Å². The Hall–Kier alpha value is -1.27.